The number of hydrogen-bond donors (Lipinski definition) is 2. The quantitative estimate of drug-likeness (QED) is 0.438. The number of benzene rings is 2. The number of ether oxygens (including phenoxy) is 1. The van der Waals surface area contributed by atoms with E-state index in [1.807, 2.05) is 48.5 Å². The molecule has 1 saturated carbocycles. The minimum absolute atomic E-state index is 0.200. The lowest BCUT2D eigenvalue weighted by Crippen LogP contribution is -2.31. The molecule has 5 rings (SSSR count). The lowest BCUT2D eigenvalue weighted by atomic mass is 9.94. The summed E-state index contributed by atoms with van der Waals surface area (Å²) in [4.78, 5) is 17.4. The van der Waals surface area contributed by atoms with Crippen LogP contribution < -0.4 is 15.8 Å². The van der Waals surface area contributed by atoms with E-state index in [-0.39, 0.29) is 12.0 Å². The van der Waals surface area contributed by atoms with Crippen LogP contribution in [0.4, 0.5) is 5.69 Å². The maximum absolute atomic E-state index is 12.8. The second-order valence-corrected chi connectivity index (χ2v) is 8.72. The largest absolute Gasteiger partial charge is 0.490 e. The van der Waals surface area contributed by atoms with Crippen LogP contribution in [0.25, 0.3) is 16.8 Å². The molecule has 0 atom stereocenters. The van der Waals surface area contributed by atoms with Gasteiger partial charge in [0.1, 0.15) is 11.4 Å². The van der Waals surface area contributed by atoms with Crippen LogP contribution in [-0.4, -0.2) is 32.7 Å². The number of nitrogens with zero attached hydrogens (tertiary/aromatic N) is 3. The second kappa shape index (κ2) is 9.21. The smallest absolute Gasteiger partial charge is 0.274 e. The van der Waals surface area contributed by atoms with E-state index in [0.717, 1.165) is 42.6 Å². The van der Waals surface area contributed by atoms with Crippen LogP contribution in [0, 0.1) is 0 Å². The first-order valence-electron chi connectivity index (χ1n) is 11.0. The number of nitrogens with two attached hydrogens (primary N) is 1. The molecule has 2 aromatic heterocycles. The second-order valence-electron chi connectivity index (χ2n) is 8.28. The molecule has 3 N–H and O–H groups in total. The van der Waals surface area contributed by atoms with Gasteiger partial charge in [-0.3, -0.25) is 4.79 Å². The van der Waals surface area contributed by atoms with Gasteiger partial charge in [0, 0.05) is 28.5 Å². The predicted molar refractivity (Wildman–Crippen MR) is 129 cm³/mol. The molecule has 0 bridgehead atoms. The zero-order chi connectivity index (χ0) is 22.8. The van der Waals surface area contributed by atoms with Crippen molar-refractivity contribution in [3.05, 3.63) is 77.7 Å². The average molecular weight is 462 g/mol. The molecule has 168 valence electrons. The minimum atomic E-state index is -0.300. The number of hydrogen-bond acceptors (Lipinski definition) is 5. The molecular formula is C25H24ClN5O2. The van der Waals surface area contributed by atoms with Crippen molar-refractivity contribution in [3.8, 4) is 16.9 Å². The van der Waals surface area contributed by atoms with E-state index in [9.17, 15) is 4.79 Å². The number of nitrogens with one attached hydrogen (secondary N) is 1. The van der Waals surface area contributed by atoms with Gasteiger partial charge in [0.15, 0.2) is 5.65 Å². The van der Waals surface area contributed by atoms with Crippen LogP contribution in [0.15, 0.2) is 67.0 Å². The van der Waals surface area contributed by atoms with Crippen LogP contribution in [0.5, 0.6) is 5.75 Å². The van der Waals surface area contributed by atoms with Crippen molar-refractivity contribution in [1.29, 1.82) is 0 Å². The molecule has 33 heavy (non-hydrogen) atoms. The van der Waals surface area contributed by atoms with Crippen molar-refractivity contribution in [2.75, 3.05) is 5.32 Å². The zero-order valence-corrected chi connectivity index (χ0v) is 18.7. The summed E-state index contributed by atoms with van der Waals surface area (Å²) in [5.74, 6) is 0.490. The van der Waals surface area contributed by atoms with Crippen molar-refractivity contribution >= 4 is 28.8 Å². The van der Waals surface area contributed by atoms with Gasteiger partial charge in [-0.05, 0) is 73.7 Å². The van der Waals surface area contributed by atoms with Crippen molar-refractivity contribution in [2.45, 2.75) is 37.8 Å². The lowest BCUT2D eigenvalue weighted by molar-refractivity contribution is 0.102. The third-order valence-corrected chi connectivity index (χ3v) is 6.11. The van der Waals surface area contributed by atoms with E-state index in [1.165, 1.54) is 0 Å². The standard InChI is InChI=1S/C25H24ClN5O2/c26-17-3-1-2-16(14-17)22-15-28-31-13-12-23(30-24(22)31)25(32)29-19-6-10-21(11-7-19)33-20-8-4-18(27)5-9-20/h1-3,6-7,10-15,18,20H,4-5,8-9,27H2,(H,29,32). The number of fused-ring (bicyclic) bond motifs is 1. The number of amides is 1. The number of carbonyl (C=O) groups is 1. The Morgan fingerprint density at radius 3 is 2.64 bits per heavy atom. The Kier molecular flexibility index (Phi) is 5.98. The Labute approximate surface area is 196 Å². The zero-order valence-electron chi connectivity index (χ0n) is 17.9. The Morgan fingerprint density at radius 2 is 1.88 bits per heavy atom. The van der Waals surface area contributed by atoms with Crippen LogP contribution in [-0.2, 0) is 0 Å². The van der Waals surface area contributed by atoms with Gasteiger partial charge < -0.3 is 15.8 Å². The molecule has 4 aromatic rings. The maximum Gasteiger partial charge on any atom is 0.274 e. The molecule has 1 amide bonds. The van der Waals surface area contributed by atoms with Crippen LogP contribution >= 0.6 is 11.6 Å². The summed E-state index contributed by atoms with van der Waals surface area (Å²) in [6.45, 7) is 0. The fourth-order valence-corrected chi connectivity index (χ4v) is 4.26. The number of carbonyl (C=O) groups excluding carboxylic acids is 1. The third-order valence-electron chi connectivity index (χ3n) is 5.87. The molecule has 0 radical (unpaired) electrons. The van der Waals surface area contributed by atoms with Gasteiger partial charge in [-0.15, -0.1) is 0 Å². The summed E-state index contributed by atoms with van der Waals surface area (Å²) in [5.41, 5.74) is 9.20. The fraction of sp³-hybridized carbons (Fsp3) is 0.240. The van der Waals surface area contributed by atoms with Gasteiger partial charge >= 0.3 is 0 Å². The molecule has 2 heterocycles. The van der Waals surface area contributed by atoms with E-state index in [1.54, 1.807) is 23.0 Å². The normalized spacial score (nSPS) is 18.2. The highest BCUT2D eigenvalue weighted by molar-refractivity contribution is 6.30. The summed E-state index contributed by atoms with van der Waals surface area (Å²) in [6.07, 6.45) is 7.57. The summed E-state index contributed by atoms with van der Waals surface area (Å²) >= 11 is 6.13. The van der Waals surface area contributed by atoms with Crippen LogP contribution in [0.3, 0.4) is 0 Å². The molecule has 0 unspecified atom stereocenters. The van der Waals surface area contributed by atoms with Gasteiger partial charge in [0.05, 0.1) is 12.3 Å². The Balaban J connectivity index is 1.29. The van der Waals surface area contributed by atoms with E-state index in [0.29, 0.717) is 28.1 Å². The number of anilines is 1. The topological polar surface area (TPSA) is 94.5 Å². The predicted octanol–water partition coefficient (Wildman–Crippen LogP) is 4.95. The molecule has 1 aliphatic rings. The molecule has 1 fully saturated rings. The highest BCUT2D eigenvalue weighted by Gasteiger charge is 2.20. The van der Waals surface area contributed by atoms with Crippen molar-refractivity contribution in [2.24, 2.45) is 5.73 Å². The lowest BCUT2D eigenvalue weighted by Gasteiger charge is -2.26. The van der Waals surface area contributed by atoms with Gasteiger partial charge in [0.2, 0.25) is 0 Å². The minimum Gasteiger partial charge on any atom is -0.490 e. The summed E-state index contributed by atoms with van der Waals surface area (Å²) in [5, 5.41) is 7.85. The first-order valence-corrected chi connectivity index (χ1v) is 11.4. The summed E-state index contributed by atoms with van der Waals surface area (Å²) in [7, 11) is 0. The highest BCUT2D eigenvalue weighted by atomic mass is 35.5. The average Bonchev–Trinajstić information content (AvgIpc) is 3.25. The van der Waals surface area contributed by atoms with E-state index in [2.05, 4.69) is 15.4 Å². The van der Waals surface area contributed by atoms with Gasteiger partial charge in [-0.2, -0.15) is 5.10 Å². The summed E-state index contributed by atoms with van der Waals surface area (Å²) < 4.78 is 7.69. The molecule has 1 aliphatic carbocycles. The van der Waals surface area contributed by atoms with Gasteiger partial charge in [-0.1, -0.05) is 23.7 Å². The van der Waals surface area contributed by atoms with Gasteiger partial charge in [0.25, 0.3) is 5.91 Å². The first kappa shape index (κ1) is 21.4. The van der Waals surface area contributed by atoms with E-state index in [4.69, 9.17) is 22.1 Å². The molecule has 8 heteroatoms. The summed E-state index contributed by atoms with van der Waals surface area (Å²) in [6, 6.07) is 16.8. The number of halogens is 1. The molecule has 0 aliphatic heterocycles. The molecule has 0 spiro atoms. The van der Waals surface area contributed by atoms with Crippen LogP contribution in [0.1, 0.15) is 36.2 Å². The number of rotatable bonds is 5. The van der Waals surface area contributed by atoms with E-state index < -0.39 is 0 Å². The molecular weight excluding hydrogens is 438 g/mol. The Morgan fingerprint density at radius 1 is 1.09 bits per heavy atom. The number of aromatic nitrogens is 3. The molecule has 0 saturated heterocycles. The van der Waals surface area contributed by atoms with Crippen molar-refractivity contribution < 1.29 is 9.53 Å². The Bertz CT molecular complexity index is 1280. The first-order chi connectivity index (χ1) is 16.0. The molecule has 7 nitrogen and oxygen atoms in total. The van der Waals surface area contributed by atoms with Crippen molar-refractivity contribution in [3.63, 3.8) is 0 Å². The monoisotopic (exact) mass is 461 g/mol. The van der Waals surface area contributed by atoms with Gasteiger partial charge in [-0.25, -0.2) is 9.50 Å². The maximum atomic E-state index is 12.8. The highest BCUT2D eigenvalue weighted by Crippen LogP contribution is 2.27. The Hall–Kier alpha value is -3.42. The SMILES string of the molecule is NC1CCC(Oc2ccc(NC(=O)c3ccn4ncc(-c5cccc(Cl)c5)c4n3)cc2)CC1. The van der Waals surface area contributed by atoms with Crippen LogP contribution in [0.2, 0.25) is 5.02 Å². The van der Waals surface area contributed by atoms with Crippen molar-refractivity contribution in [1.82, 2.24) is 14.6 Å². The van der Waals surface area contributed by atoms with E-state index >= 15 is 0 Å². The fourth-order valence-electron chi connectivity index (χ4n) is 4.07. The third kappa shape index (κ3) is 4.84. The molecule has 2 aromatic carbocycles.